The minimum absolute atomic E-state index is 0.0994. The van der Waals surface area contributed by atoms with Gasteiger partial charge >= 0.3 is 0 Å². The summed E-state index contributed by atoms with van der Waals surface area (Å²) in [5.41, 5.74) is 7.85. The van der Waals surface area contributed by atoms with Crippen molar-refractivity contribution >= 4 is 16.7 Å². The molecule has 1 atom stereocenters. The van der Waals surface area contributed by atoms with Crippen molar-refractivity contribution < 1.29 is 9.47 Å². The number of nitrogen functional groups attached to an aromatic ring is 1. The molecule has 0 amide bonds. The van der Waals surface area contributed by atoms with E-state index in [4.69, 9.17) is 15.2 Å². The summed E-state index contributed by atoms with van der Waals surface area (Å²) in [5, 5.41) is 0.877. The van der Waals surface area contributed by atoms with Crippen molar-refractivity contribution in [3.8, 4) is 5.75 Å². The van der Waals surface area contributed by atoms with Gasteiger partial charge in [0.15, 0.2) is 0 Å². The molecule has 1 aliphatic heterocycles. The summed E-state index contributed by atoms with van der Waals surface area (Å²) in [5.74, 6) is 1.92. The lowest BCUT2D eigenvalue weighted by Crippen LogP contribution is -2.16. The number of benzene rings is 1. The highest BCUT2D eigenvalue weighted by Crippen LogP contribution is 2.31. The number of aryl methyl sites for hydroxylation is 2. The van der Waals surface area contributed by atoms with Gasteiger partial charge in [-0.1, -0.05) is 6.07 Å². The number of rotatable bonds is 2. The zero-order valence-electron chi connectivity index (χ0n) is 11.1. The molecule has 0 spiro atoms. The number of nitrogens with zero attached hydrogens (tertiary/aromatic N) is 2. The molecule has 1 fully saturated rings. The average Bonchev–Trinajstić information content (AvgIpc) is 2.85. The summed E-state index contributed by atoms with van der Waals surface area (Å²) < 4.78 is 11.3. The molecule has 5 nitrogen and oxygen atoms in total. The minimum Gasteiger partial charge on any atom is -0.486 e. The Bertz CT molecular complexity index is 622. The van der Waals surface area contributed by atoms with Crippen LogP contribution in [0.15, 0.2) is 12.1 Å². The largest absolute Gasteiger partial charge is 0.486 e. The van der Waals surface area contributed by atoms with Gasteiger partial charge in [-0.15, -0.1) is 0 Å². The highest BCUT2D eigenvalue weighted by Gasteiger charge is 2.19. The van der Waals surface area contributed by atoms with Gasteiger partial charge in [0, 0.05) is 11.8 Å². The van der Waals surface area contributed by atoms with E-state index in [0.717, 1.165) is 35.2 Å². The monoisotopic (exact) mass is 259 g/mol. The highest BCUT2D eigenvalue weighted by atomic mass is 16.5. The third kappa shape index (κ3) is 2.21. The first kappa shape index (κ1) is 12.2. The second kappa shape index (κ2) is 4.66. The molecule has 0 radical (unpaired) electrons. The molecule has 100 valence electrons. The van der Waals surface area contributed by atoms with Crippen LogP contribution in [-0.4, -0.2) is 29.3 Å². The number of ether oxygens (including phenoxy) is 2. The van der Waals surface area contributed by atoms with Crippen LogP contribution in [0.2, 0.25) is 0 Å². The van der Waals surface area contributed by atoms with E-state index in [1.54, 1.807) is 0 Å². The minimum atomic E-state index is 0.0994. The summed E-state index contributed by atoms with van der Waals surface area (Å²) >= 11 is 0. The fraction of sp³-hybridized carbons (Fsp3) is 0.429. The Morgan fingerprint density at radius 3 is 2.89 bits per heavy atom. The maximum absolute atomic E-state index is 6.00. The zero-order chi connectivity index (χ0) is 13.4. The van der Waals surface area contributed by atoms with Crippen molar-refractivity contribution in [2.45, 2.75) is 26.4 Å². The van der Waals surface area contributed by atoms with Crippen LogP contribution >= 0.6 is 0 Å². The van der Waals surface area contributed by atoms with E-state index in [2.05, 4.69) is 9.97 Å². The Balaban J connectivity index is 2.11. The fourth-order valence-corrected chi connectivity index (χ4v) is 2.40. The van der Waals surface area contributed by atoms with Crippen LogP contribution in [0, 0.1) is 13.8 Å². The Morgan fingerprint density at radius 1 is 1.32 bits per heavy atom. The molecule has 19 heavy (non-hydrogen) atoms. The molecule has 1 aromatic heterocycles. The number of fused-ring (bicyclic) bond motifs is 1. The molecule has 0 aliphatic carbocycles. The van der Waals surface area contributed by atoms with Crippen molar-refractivity contribution in [1.29, 1.82) is 0 Å². The third-order valence-corrected chi connectivity index (χ3v) is 3.34. The molecular formula is C14H17N3O2. The first-order chi connectivity index (χ1) is 9.15. The Labute approximate surface area is 111 Å². The molecule has 1 aromatic carbocycles. The van der Waals surface area contributed by atoms with E-state index in [-0.39, 0.29) is 6.10 Å². The standard InChI is InChI=1S/C14H17N3O2/c1-8-3-4-11(19-10-5-6-18-7-10)13-12(8)14(15)17-9(2)16-13/h3-4,10H,5-7H2,1-2H3,(H2,15,16,17). The molecular weight excluding hydrogens is 242 g/mol. The van der Waals surface area contributed by atoms with Crippen LogP contribution in [0.25, 0.3) is 10.9 Å². The average molecular weight is 259 g/mol. The van der Waals surface area contributed by atoms with Crippen LogP contribution < -0.4 is 10.5 Å². The van der Waals surface area contributed by atoms with Crippen molar-refractivity contribution in [3.05, 3.63) is 23.5 Å². The van der Waals surface area contributed by atoms with E-state index in [9.17, 15) is 0 Å². The van der Waals surface area contributed by atoms with Gasteiger partial charge in [-0.2, -0.15) is 0 Å². The Kier molecular flexibility index (Phi) is 2.98. The van der Waals surface area contributed by atoms with Crippen LogP contribution in [0.3, 0.4) is 0 Å². The van der Waals surface area contributed by atoms with Crippen LogP contribution in [0.4, 0.5) is 5.82 Å². The van der Waals surface area contributed by atoms with E-state index in [1.165, 1.54) is 0 Å². The lowest BCUT2D eigenvalue weighted by atomic mass is 10.1. The van der Waals surface area contributed by atoms with E-state index < -0.39 is 0 Å². The quantitative estimate of drug-likeness (QED) is 0.893. The number of hydrogen-bond acceptors (Lipinski definition) is 5. The van der Waals surface area contributed by atoms with E-state index in [0.29, 0.717) is 18.2 Å². The SMILES string of the molecule is Cc1nc(N)c2c(C)ccc(OC3CCOC3)c2n1. The van der Waals surface area contributed by atoms with E-state index >= 15 is 0 Å². The van der Waals surface area contributed by atoms with E-state index in [1.807, 2.05) is 26.0 Å². The number of aromatic nitrogens is 2. The van der Waals surface area contributed by atoms with Crippen LogP contribution in [0.5, 0.6) is 5.75 Å². The highest BCUT2D eigenvalue weighted by molar-refractivity contribution is 5.94. The van der Waals surface area contributed by atoms with Crippen molar-refractivity contribution in [3.63, 3.8) is 0 Å². The molecule has 0 bridgehead atoms. The predicted molar refractivity (Wildman–Crippen MR) is 73.3 cm³/mol. The molecule has 2 aromatic rings. The van der Waals surface area contributed by atoms with Gasteiger partial charge in [0.05, 0.1) is 13.2 Å². The Morgan fingerprint density at radius 2 is 2.16 bits per heavy atom. The van der Waals surface area contributed by atoms with Gasteiger partial charge in [-0.25, -0.2) is 9.97 Å². The zero-order valence-corrected chi connectivity index (χ0v) is 11.1. The second-order valence-corrected chi connectivity index (χ2v) is 4.86. The predicted octanol–water partition coefficient (Wildman–Crippen LogP) is 2.00. The molecule has 1 saturated heterocycles. The summed E-state index contributed by atoms with van der Waals surface area (Å²) in [6.45, 7) is 5.22. The molecule has 2 heterocycles. The van der Waals surface area contributed by atoms with Gasteiger partial charge < -0.3 is 15.2 Å². The lowest BCUT2D eigenvalue weighted by molar-refractivity contribution is 0.142. The molecule has 0 saturated carbocycles. The van der Waals surface area contributed by atoms with Crippen molar-refractivity contribution in [2.24, 2.45) is 0 Å². The maximum atomic E-state index is 6.00. The summed E-state index contributed by atoms with van der Waals surface area (Å²) in [7, 11) is 0. The maximum Gasteiger partial charge on any atom is 0.146 e. The molecule has 2 N–H and O–H groups in total. The van der Waals surface area contributed by atoms with Crippen molar-refractivity contribution in [2.75, 3.05) is 18.9 Å². The molecule has 1 aliphatic rings. The third-order valence-electron chi connectivity index (χ3n) is 3.34. The number of hydrogen-bond donors (Lipinski definition) is 1. The smallest absolute Gasteiger partial charge is 0.146 e. The van der Waals surface area contributed by atoms with Gasteiger partial charge in [-0.05, 0) is 25.5 Å². The topological polar surface area (TPSA) is 70.3 Å². The molecule has 1 unspecified atom stereocenters. The van der Waals surface area contributed by atoms with Crippen LogP contribution in [-0.2, 0) is 4.74 Å². The summed E-state index contributed by atoms with van der Waals surface area (Å²) in [6, 6.07) is 3.93. The van der Waals surface area contributed by atoms with Gasteiger partial charge in [0.2, 0.25) is 0 Å². The lowest BCUT2D eigenvalue weighted by Gasteiger charge is -2.15. The van der Waals surface area contributed by atoms with Gasteiger partial charge in [0.1, 0.15) is 29.0 Å². The van der Waals surface area contributed by atoms with Gasteiger partial charge in [0.25, 0.3) is 0 Å². The Hall–Kier alpha value is -1.88. The first-order valence-electron chi connectivity index (χ1n) is 6.43. The molecule has 3 rings (SSSR count). The summed E-state index contributed by atoms with van der Waals surface area (Å²) in [4.78, 5) is 8.70. The first-order valence-corrected chi connectivity index (χ1v) is 6.43. The fourth-order valence-electron chi connectivity index (χ4n) is 2.40. The summed E-state index contributed by atoms with van der Waals surface area (Å²) in [6.07, 6.45) is 1.01. The number of nitrogens with two attached hydrogens (primary N) is 1. The van der Waals surface area contributed by atoms with Crippen LogP contribution in [0.1, 0.15) is 17.8 Å². The van der Waals surface area contributed by atoms with Gasteiger partial charge in [-0.3, -0.25) is 0 Å². The molecule has 5 heteroatoms. The van der Waals surface area contributed by atoms with Crippen molar-refractivity contribution in [1.82, 2.24) is 9.97 Å². The second-order valence-electron chi connectivity index (χ2n) is 4.86. The number of anilines is 1. The normalized spacial score (nSPS) is 18.9.